The van der Waals surface area contributed by atoms with Crippen LogP contribution in [0.1, 0.15) is 93.4 Å². The van der Waals surface area contributed by atoms with E-state index in [1.807, 2.05) is 57.2 Å². The van der Waals surface area contributed by atoms with E-state index in [1.54, 1.807) is 6.08 Å². The zero-order chi connectivity index (χ0) is 31.4. The lowest BCUT2D eigenvalue weighted by molar-refractivity contribution is -0.242. The quantitative estimate of drug-likeness (QED) is 0.392. The van der Waals surface area contributed by atoms with E-state index in [4.69, 9.17) is 0 Å². The monoisotopic (exact) mass is 582 g/mol. The maximum Gasteiger partial charge on any atom is 0.230 e. The normalized spacial score (nSPS) is 44.8. The Morgan fingerprint density at radius 1 is 0.930 bits per heavy atom. The van der Waals surface area contributed by atoms with E-state index in [-0.39, 0.29) is 40.3 Å². The highest BCUT2D eigenvalue weighted by molar-refractivity contribution is 6.05. The summed E-state index contributed by atoms with van der Waals surface area (Å²) in [4.78, 5) is 41.7. The number of carbonyl (C=O) groups excluding carboxylic acids is 3. The number of allylic oxidation sites excluding steroid dienone is 3. The Labute approximate surface area is 256 Å². The van der Waals surface area contributed by atoms with E-state index in [1.165, 1.54) is 0 Å². The highest BCUT2D eigenvalue weighted by atomic mass is 16.3. The molecule has 5 aliphatic carbocycles. The number of fused-ring (bicyclic) bond motifs is 7. The number of carbonyl (C=O) groups is 3. The van der Waals surface area contributed by atoms with Gasteiger partial charge in [-0.15, -0.1) is 0 Å². The molecule has 0 saturated heterocycles. The van der Waals surface area contributed by atoms with Crippen molar-refractivity contribution in [3.8, 4) is 6.07 Å². The van der Waals surface area contributed by atoms with E-state index in [2.05, 4.69) is 39.1 Å². The number of nitriles is 1. The maximum absolute atomic E-state index is 14.6. The van der Waals surface area contributed by atoms with Gasteiger partial charge < -0.3 is 10.4 Å². The Morgan fingerprint density at radius 2 is 1.58 bits per heavy atom. The Kier molecular flexibility index (Phi) is 6.28. The Bertz CT molecular complexity index is 1530. The van der Waals surface area contributed by atoms with Crippen LogP contribution in [-0.4, -0.2) is 28.2 Å². The van der Waals surface area contributed by atoms with Crippen LogP contribution in [0.2, 0.25) is 0 Å². The number of anilines is 1. The first kappa shape index (κ1) is 30.0. The van der Waals surface area contributed by atoms with E-state index >= 15 is 0 Å². The maximum atomic E-state index is 14.6. The van der Waals surface area contributed by atoms with Gasteiger partial charge in [-0.2, -0.15) is 5.26 Å². The molecule has 0 spiro atoms. The van der Waals surface area contributed by atoms with Crippen LogP contribution in [0.25, 0.3) is 0 Å². The summed E-state index contributed by atoms with van der Waals surface area (Å²) in [5.41, 5.74) is -3.50. The Balaban J connectivity index is 1.46. The van der Waals surface area contributed by atoms with E-state index < -0.39 is 32.7 Å². The smallest absolute Gasteiger partial charge is 0.230 e. The van der Waals surface area contributed by atoms with Gasteiger partial charge in [0, 0.05) is 33.3 Å². The van der Waals surface area contributed by atoms with E-state index in [0.29, 0.717) is 19.3 Å². The molecule has 3 fully saturated rings. The third-order valence-electron chi connectivity index (χ3n) is 13.8. The second-order valence-corrected chi connectivity index (χ2v) is 16.2. The number of para-hydroxylation sites is 1. The van der Waals surface area contributed by atoms with Gasteiger partial charge in [0.2, 0.25) is 5.91 Å². The average molecular weight is 583 g/mol. The molecule has 1 aromatic carbocycles. The van der Waals surface area contributed by atoms with Gasteiger partial charge in [0.05, 0.1) is 5.57 Å². The van der Waals surface area contributed by atoms with Crippen LogP contribution in [0.15, 0.2) is 53.6 Å². The molecule has 228 valence electrons. The number of aliphatic hydroxyl groups is 1. The highest BCUT2D eigenvalue weighted by Crippen LogP contribution is 2.75. The van der Waals surface area contributed by atoms with Gasteiger partial charge in [0.25, 0.3) is 0 Å². The molecule has 6 heteroatoms. The molecule has 1 aromatic rings. The fraction of sp³-hybridized carbons (Fsp3) is 0.622. The summed E-state index contributed by atoms with van der Waals surface area (Å²) in [6.45, 7) is 14.4. The van der Waals surface area contributed by atoms with Gasteiger partial charge in [-0.1, -0.05) is 72.7 Å². The van der Waals surface area contributed by atoms with Crippen molar-refractivity contribution in [2.75, 3.05) is 5.32 Å². The van der Waals surface area contributed by atoms with Crippen LogP contribution in [0.5, 0.6) is 0 Å². The van der Waals surface area contributed by atoms with Crippen molar-refractivity contribution in [3.05, 3.63) is 53.6 Å². The molecule has 6 nitrogen and oxygen atoms in total. The lowest BCUT2D eigenvalue weighted by Crippen LogP contribution is -2.74. The number of hydrogen-bond acceptors (Lipinski definition) is 5. The van der Waals surface area contributed by atoms with Gasteiger partial charge in [0.15, 0.2) is 11.6 Å². The van der Waals surface area contributed by atoms with Gasteiger partial charge in [-0.3, -0.25) is 14.4 Å². The number of nitrogens with one attached hydrogen (secondary N) is 1. The second-order valence-electron chi connectivity index (χ2n) is 16.2. The molecule has 8 atom stereocenters. The summed E-state index contributed by atoms with van der Waals surface area (Å²) in [5.74, 6) is -0.926. The van der Waals surface area contributed by atoms with Gasteiger partial charge in [0.1, 0.15) is 11.7 Å². The third-order valence-corrected chi connectivity index (χ3v) is 13.8. The molecule has 0 bridgehead atoms. The molecule has 0 radical (unpaired) electrons. The number of rotatable bonds is 2. The van der Waals surface area contributed by atoms with Crippen molar-refractivity contribution in [1.29, 1.82) is 5.26 Å². The first-order valence-corrected chi connectivity index (χ1v) is 16.0. The molecule has 0 aromatic heterocycles. The average Bonchev–Trinajstić information content (AvgIpc) is 2.96. The molecule has 0 unspecified atom stereocenters. The molecule has 43 heavy (non-hydrogen) atoms. The minimum absolute atomic E-state index is 0.0555. The van der Waals surface area contributed by atoms with Crippen molar-refractivity contribution < 1.29 is 19.5 Å². The third kappa shape index (κ3) is 3.64. The van der Waals surface area contributed by atoms with Crippen LogP contribution in [0.3, 0.4) is 0 Å². The predicted molar refractivity (Wildman–Crippen MR) is 165 cm³/mol. The predicted octanol–water partition coefficient (Wildman–Crippen LogP) is 6.96. The minimum Gasteiger partial charge on any atom is -0.381 e. The van der Waals surface area contributed by atoms with Crippen LogP contribution in [0, 0.1) is 55.7 Å². The SMILES string of the molecule is CC1(C)C(=O)C(C#N)=C[C@]2(C)C3=CC(=O)[C@]4(O)[C@@H]5C[C@@](C)(C(=O)Nc6ccccc6)CC[C@]5(C)CC[C@@]4(C)[C@]3(C)CC[C@@H]12. The van der Waals surface area contributed by atoms with Gasteiger partial charge in [-0.25, -0.2) is 0 Å². The number of benzene rings is 1. The standard InChI is InChI=1S/C37H46N2O4/c1-31(2)25-13-14-35(6)26(34(25,5)20-23(22-38)29(31)41)19-28(40)37(43)27-21-33(4,30(42)39-24-11-9-8-10-12-24)16-15-32(27,3)17-18-36(35,37)7/h8-12,19-20,25,27,43H,13-18,21H2,1-7H3,(H,39,42)/t25-,27+,32+,33-,34-,35+,36-,37+/m0/s1. The summed E-state index contributed by atoms with van der Waals surface area (Å²) in [6.07, 6.45) is 8.49. The minimum atomic E-state index is -1.64. The van der Waals surface area contributed by atoms with Crippen molar-refractivity contribution in [2.45, 2.75) is 99.0 Å². The molecule has 0 aliphatic heterocycles. The molecule has 6 rings (SSSR count). The number of ketones is 2. The lowest BCUT2D eigenvalue weighted by atomic mass is 9.33. The van der Waals surface area contributed by atoms with Crippen LogP contribution >= 0.6 is 0 Å². The summed E-state index contributed by atoms with van der Waals surface area (Å²) in [7, 11) is 0. The molecule has 5 aliphatic rings. The number of nitrogens with zero attached hydrogens (tertiary/aromatic N) is 1. The Hall–Kier alpha value is -3.04. The van der Waals surface area contributed by atoms with Gasteiger partial charge >= 0.3 is 0 Å². The molecular formula is C37H46N2O4. The summed E-state index contributed by atoms with van der Waals surface area (Å²) in [5, 5.41) is 26.1. The molecular weight excluding hydrogens is 536 g/mol. The van der Waals surface area contributed by atoms with Crippen molar-refractivity contribution in [3.63, 3.8) is 0 Å². The number of Topliss-reactive ketones (excluding diaryl/α,β-unsaturated/α-hetero) is 1. The molecule has 0 heterocycles. The first-order valence-electron chi connectivity index (χ1n) is 16.0. The van der Waals surface area contributed by atoms with E-state index in [9.17, 15) is 24.8 Å². The summed E-state index contributed by atoms with van der Waals surface area (Å²) in [6, 6.07) is 11.6. The van der Waals surface area contributed by atoms with Crippen molar-refractivity contribution in [2.24, 2.45) is 44.3 Å². The highest BCUT2D eigenvalue weighted by Gasteiger charge is 2.75. The van der Waals surface area contributed by atoms with Crippen LogP contribution in [0.4, 0.5) is 5.69 Å². The molecule has 3 saturated carbocycles. The van der Waals surface area contributed by atoms with Crippen LogP contribution < -0.4 is 5.32 Å². The summed E-state index contributed by atoms with van der Waals surface area (Å²) >= 11 is 0. The van der Waals surface area contributed by atoms with E-state index in [0.717, 1.165) is 36.9 Å². The fourth-order valence-electron chi connectivity index (χ4n) is 10.8. The van der Waals surface area contributed by atoms with Crippen molar-refractivity contribution in [1.82, 2.24) is 0 Å². The second kappa shape index (κ2) is 9.00. The zero-order valence-corrected chi connectivity index (χ0v) is 26.8. The lowest BCUT2D eigenvalue weighted by Gasteiger charge is -2.71. The molecule has 1 amide bonds. The number of amides is 1. The molecule has 2 N–H and O–H groups in total. The fourth-order valence-corrected chi connectivity index (χ4v) is 10.8. The number of hydrogen-bond donors (Lipinski definition) is 2. The van der Waals surface area contributed by atoms with Crippen molar-refractivity contribution >= 4 is 23.2 Å². The first-order chi connectivity index (χ1) is 19.9. The zero-order valence-electron chi connectivity index (χ0n) is 26.8. The Morgan fingerprint density at radius 3 is 2.23 bits per heavy atom. The largest absolute Gasteiger partial charge is 0.381 e. The van der Waals surface area contributed by atoms with Crippen LogP contribution in [-0.2, 0) is 14.4 Å². The topological polar surface area (TPSA) is 107 Å². The summed E-state index contributed by atoms with van der Waals surface area (Å²) < 4.78 is 0. The van der Waals surface area contributed by atoms with Gasteiger partial charge in [-0.05, 0) is 85.5 Å².